The van der Waals surface area contributed by atoms with E-state index in [9.17, 15) is 14.0 Å². The Kier molecular flexibility index (Phi) is 6.68. The van der Waals surface area contributed by atoms with Crippen molar-refractivity contribution in [3.63, 3.8) is 0 Å². The summed E-state index contributed by atoms with van der Waals surface area (Å²) in [7, 11) is 0. The molecule has 35 heavy (non-hydrogen) atoms. The maximum atomic E-state index is 14.6. The summed E-state index contributed by atoms with van der Waals surface area (Å²) in [5, 5.41) is 11.2. The van der Waals surface area contributed by atoms with Gasteiger partial charge in [0, 0.05) is 11.2 Å². The number of hydrogen-bond acceptors (Lipinski definition) is 5. The number of halogens is 1. The highest BCUT2D eigenvalue weighted by atomic mass is 19.1. The minimum absolute atomic E-state index is 0.211. The molecule has 2 aromatic heterocycles. The van der Waals surface area contributed by atoms with E-state index < -0.39 is 29.2 Å². The number of carbonyl (C=O) groups excluding carboxylic acids is 2. The van der Waals surface area contributed by atoms with E-state index in [1.54, 1.807) is 43.3 Å². The third-order valence-electron chi connectivity index (χ3n) is 6.07. The van der Waals surface area contributed by atoms with E-state index in [-0.39, 0.29) is 18.0 Å². The van der Waals surface area contributed by atoms with Crippen molar-refractivity contribution in [1.82, 2.24) is 20.3 Å². The van der Waals surface area contributed by atoms with Crippen LogP contribution in [0.5, 0.6) is 0 Å². The lowest BCUT2D eigenvalue weighted by molar-refractivity contribution is -0.128. The third-order valence-corrected chi connectivity index (χ3v) is 6.07. The van der Waals surface area contributed by atoms with Gasteiger partial charge in [-0.1, -0.05) is 30.3 Å². The van der Waals surface area contributed by atoms with Gasteiger partial charge in [-0.15, -0.1) is 5.10 Å². The van der Waals surface area contributed by atoms with Gasteiger partial charge < -0.3 is 9.73 Å². The molecular weight excluding hydrogens is 449 g/mol. The molecule has 4 rings (SSSR count). The van der Waals surface area contributed by atoms with Crippen molar-refractivity contribution in [3.05, 3.63) is 78.0 Å². The van der Waals surface area contributed by atoms with Gasteiger partial charge in [-0.25, -0.2) is 9.07 Å². The predicted octanol–water partition coefficient (Wildman–Crippen LogP) is 4.55. The number of carbonyl (C=O) groups is 2. The first-order valence-electron chi connectivity index (χ1n) is 11.4. The third kappa shape index (κ3) is 5.08. The molecule has 0 aliphatic rings. The molecule has 0 aliphatic carbocycles. The summed E-state index contributed by atoms with van der Waals surface area (Å²) in [6.07, 6.45) is 2.10. The molecule has 0 spiro atoms. The van der Waals surface area contributed by atoms with E-state index in [0.717, 1.165) is 0 Å². The normalized spacial score (nSPS) is 12.5. The Morgan fingerprint density at radius 1 is 1.17 bits per heavy atom. The minimum atomic E-state index is -1.17. The van der Waals surface area contributed by atoms with Gasteiger partial charge in [0.1, 0.15) is 23.6 Å². The molecule has 0 saturated carbocycles. The number of hydrogen-bond donors (Lipinski definition) is 1. The van der Waals surface area contributed by atoms with Crippen molar-refractivity contribution in [2.45, 2.75) is 52.2 Å². The molecule has 2 heterocycles. The zero-order valence-corrected chi connectivity index (χ0v) is 20.2. The number of nitrogens with zero attached hydrogens (tertiary/aromatic N) is 4. The molecule has 1 atom stereocenters. The molecule has 0 saturated heterocycles. The Labute approximate surface area is 202 Å². The maximum absolute atomic E-state index is 14.6. The van der Waals surface area contributed by atoms with Crippen LogP contribution < -0.4 is 10.2 Å². The Hall–Kier alpha value is -4.01. The molecule has 8 nitrogen and oxygen atoms in total. The van der Waals surface area contributed by atoms with Crippen LogP contribution in [0.15, 0.2) is 65.3 Å². The zero-order valence-electron chi connectivity index (χ0n) is 20.2. The summed E-state index contributed by atoms with van der Waals surface area (Å²) in [5.41, 5.74) is 1.43. The predicted molar refractivity (Wildman–Crippen MR) is 130 cm³/mol. The highest BCUT2D eigenvalue weighted by Crippen LogP contribution is 2.31. The zero-order chi connectivity index (χ0) is 25.2. The van der Waals surface area contributed by atoms with Crippen LogP contribution in [-0.2, 0) is 16.1 Å². The number of benzene rings is 2. The van der Waals surface area contributed by atoms with Gasteiger partial charge in [-0.05, 0) is 69.2 Å². The van der Waals surface area contributed by atoms with Crippen LogP contribution in [0.4, 0.5) is 10.1 Å². The van der Waals surface area contributed by atoms with Crippen LogP contribution in [0.3, 0.4) is 0 Å². The van der Waals surface area contributed by atoms with Gasteiger partial charge in [0.15, 0.2) is 6.04 Å². The standard InChI is InChI=1S/C26H28FN5O3/c1-5-26(3,4)28-25(34)24(22-11-8-14-35-22)32(18-13-12-17(2)19(27)15-18)23(33)16-31-21-10-7-6-9-20(21)29-30-31/h6-15,24H,5,16H2,1-4H3,(H,28,34)/t24-/m0/s1. The van der Waals surface area contributed by atoms with Crippen LogP contribution in [0, 0.1) is 12.7 Å². The molecule has 182 valence electrons. The van der Waals surface area contributed by atoms with Crippen molar-refractivity contribution in [3.8, 4) is 0 Å². The summed E-state index contributed by atoms with van der Waals surface area (Å²) in [4.78, 5) is 28.7. The molecule has 0 fully saturated rings. The Morgan fingerprint density at radius 2 is 1.94 bits per heavy atom. The van der Waals surface area contributed by atoms with E-state index in [4.69, 9.17) is 4.42 Å². The van der Waals surface area contributed by atoms with E-state index in [0.29, 0.717) is 23.0 Å². The first-order valence-corrected chi connectivity index (χ1v) is 11.4. The molecule has 4 aromatic rings. The van der Waals surface area contributed by atoms with Crippen molar-refractivity contribution in [2.75, 3.05) is 4.90 Å². The number of furan rings is 1. The van der Waals surface area contributed by atoms with E-state index in [2.05, 4.69) is 15.6 Å². The van der Waals surface area contributed by atoms with Gasteiger partial charge in [0.25, 0.3) is 5.91 Å². The molecule has 0 unspecified atom stereocenters. The molecule has 2 aromatic carbocycles. The highest BCUT2D eigenvalue weighted by Gasteiger charge is 2.37. The monoisotopic (exact) mass is 477 g/mol. The Bertz CT molecular complexity index is 1350. The summed E-state index contributed by atoms with van der Waals surface area (Å²) in [5.74, 6) is -1.15. The van der Waals surface area contributed by atoms with Crippen LogP contribution in [0.2, 0.25) is 0 Å². The highest BCUT2D eigenvalue weighted by molar-refractivity contribution is 6.01. The largest absolute Gasteiger partial charge is 0.467 e. The van der Waals surface area contributed by atoms with E-state index >= 15 is 0 Å². The lowest BCUT2D eigenvalue weighted by atomic mass is 10.0. The Morgan fingerprint density at radius 3 is 2.63 bits per heavy atom. The number of anilines is 1. The lowest BCUT2D eigenvalue weighted by Crippen LogP contribution is -2.51. The minimum Gasteiger partial charge on any atom is -0.467 e. The fourth-order valence-corrected chi connectivity index (χ4v) is 3.72. The number of amides is 2. The average Bonchev–Trinajstić information content (AvgIpc) is 3.49. The van der Waals surface area contributed by atoms with Gasteiger partial charge in [-0.2, -0.15) is 0 Å². The summed E-state index contributed by atoms with van der Waals surface area (Å²) in [6.45, 7) is 7.16. The number of rotatable bonds is 8. The molecule has 0 radical (unpaired) electrons. The van der Waals surface area contributed by atoms with Crippen molar-refractivity contribution < 1.29 is 18.4 Å². The van der Waals surface area contributed by atoms with Crippen LogP contribution in [0.1, 0.15) is 44.6 Å². The fourth-order valence-electron chi connectivity index (χ4n) is 3.72. The van der Waals surface area contributed by atoms with Crippen LogP contribution in [-0.4, -0.2) is 32.3 Å². The van der Waals surface area contributed by atoms with Gasteiger partial charge in [0.2, 0.25) is 5.91 Å². The lowest BCUT2D eigenvalue weighted by Gasteiger charge is -2.33. The fraction of sp³-hybridized carbons (Fsp3) is 0.308. The number of aromatic nitrogens is 3. The topological polar surface area (TPSA) is 93.3 Å². The smallest absolute Gasteiger partial charge is 0.251 e. The average molecular weight is 478 g/mol. The summed E-state index contributed by atoms with van der Waals surface area (Å²) < 4.78 is 21.7. The molecular formula is C26H28FN5O3. The quantitative estimate of drug-likeness (QED) is 0.402. The Balaban J connectivity index is 1.80. The number of nitrogens with one attached hydrogen (secondary N) is 1. The summed E-state index contributed by atoms with van der Waals surface area (Å²) >= 11 is 0. The van der Waals surface area contributed by atoms with Gasteiger partial charge >= 0.3 is 0 Å². The maximum Gasteiger partial charge on any atom is 0.251 e. The van der Waals surface area contributed by atoms with Gasteiger partial charge in [0.05, 0.1) is 11.8 Å². The first-order chi connectivity index (χ1) is 16.7. The summed E-state index contributed by atoms with van der Waals surface area (Å²) in [6, 6.07) is 13.8. The second-order valence-electron chi connectivity index (χ2n) is 9.08. The molecule has 0 bridgehead atoms. The number of para-hydroxylation sites is 1. The SMILES string of the molecule is CCC(C)(C)NC(=O)[C@H](c1ccco1)N(C(=O)Cn1nnc2ccccc21)c1ccc(C)c(F)c1. The van der Waals surface area contributed by atoms with Crippen molar-refractivity contribution in [1.29, 1.82) is 0 Å². The molecule has 0 aliphatic heterocycles. The van der Waals surface area contributed by atoms with Crippen LogP contribution in [0.25, 0.3) is 11.0 Å². The molecule has 2 amide bonds. The number of fused-ring (bicyclic) bond motifs is 1. The second kappa shape index (κ2) is 9.69. The molecule has 9 heteroatoms. The van der Waals surface area contributed by atoms with Crippen molar-refractivity contribution >= 4 is 28.5 Å². The van der Waals surface area contributed by atoms with Gasteiger partial charge in [-0.3, -0.25) is 14.5 Å². The number of aryl methyl sites for hydroxylation is 1. The van der Waals surface area contributed by atoms with Crippen molar-refractivity contribution in [2.24, 2.45) is 0 Å². The van der Waals surface area contributed by atoms with E-state index in [1.807, 2.05) is 32.9 Å². The second-order valence-corrected chi connectivity index (χ2v) is 9.08. The van der Waals surface area contributed by atoms with E-state index in [1.165, 1.54) is 21.9 Å². The van der Waals surface area contributed by atoms with Crippen LogP contribution >= 0.6 is 0 Å². The molecule has 1 N–H and O–H groups in total. The first kappa shape index (κ1) is 24.1.